The summed E-state index contributed by atoms with van der Waals surface area (Å²) in [6.07, 6.45) is -1.28. The number of hydrogen-bond acceptors (Lipinski definition) is 5. The third-order valence-electron chi connectivity index (χ3n) is 4.97. The summed E-state index contributed by atoms with van der Waals surface area (Å²) in [5.74, 6) is -1.34. The van der Waals surface area contributed by atoms with Crippen LogP contribution in [0.3, 0.4) is 0 Å². The predicted molar refractivity (Wildman–Crippen MR) is 124 cm³/mol. The average molecular weight is 447 g/mol. The van der Waals surface area contributed by atoms with Crippen LogP contribution in [0.2, 0.25) is 0 Å². The van der Waals surface area contributed by atoms with Gasteiger partial charge in [0.1, 0.15) is 0 Å². The number of hydrogen-bond donors (Lipinski definition) is 2. The second-order valence-electron chi connectivity index (χ2n) is 7.43. The Bertz CT molecular complexity index is 1130. The van der Waals surface area contributed by atoms with Crippen molar-refractivity contribution in [1.29, 1.82) is 0 Å². The number of carbonyl (C=O) groups excluding carboxylic acids is 3. The zero-order chi connectivity index (χ0) is 22.5. The molecule has 6 nitrogen and oxygen atoms in total. The van der Waals surface area contributed by atoms with E-state index in [9.17, 15) is 14.4 Å². The van der Waals surface area contributed by atoms with Gasteiger partial charge in [-0.3, -0.25) is 14.4 Å². The van der Waals surface area contributed by atoms with E-state index in [4.69, 9.17) is 4.74 Å². The predicted octanol–water partition coefficient (Wildman–Crippen LogP) is 4.72. The van der Waals surface area contributed by atoms with Gasteiger partial charge >= 0.3 is 5.97 Å². The fourth-order valence-electron chi connectivity index (χ4n) is 3.30. The molecule has 1 heterocycles. The van der Waals surface area contributed by atoms with E-state index in [-0.39, 0.29) is 12.3 Å². The van der Waals surface area contributed by atoms with Crippen LogP contribution in [0, 0.1) is 6.92 Å². The molecule has 0 bridgehead atoms. The summed E-state index contributed by atoms with van der Waals surface area (Å²) in [4.78, 5) is 39.1. The number of carbonyl (C=O) groups is 3. The number of esters is 1. The zero-order valence-corrected chi connectivity index (χ0v) is 18.2. The van der Waals surface area contributed by atoms with E-state index < -0.39 is 23.2 Å². The number of ether oxygens (including phenoxy) is 1. The number of rotatable bonds is 6. The largest absolute Gasteiger partial charge is 0.447 e. The molecule has 32 heavy (non-hydrogen) atoms. The van der Waals surface area contributed by atoms with Gasteiger partial charge in [0.05, 0.1) is 17.4 Å². The minimum Gasteiger partial charge on any atom is -0.447 e. The van der Waals surface area contributed by atoms with Gasteiger partial charge < -0.3 is 15.4 Å². The topological polar surface area (TPSA) is 84.5 Å². The second-order valence-corrected chi connectivity index (χ2v) is 8.68. The van der Waals surface area contributed by atoms with Crippen LogP contribution >= 0.6 is 11.8 Å². The van der Waals surface area contributed by atoms with Crippen LogP contribution in [0.4, 0.5) is 11.4 Å². The summed E-state index contributed by atoms with van der Waals surface area (Å²) in [6, 6.07) is 23.6. The highest BCUT2D eigenvalue weighted by Crippen LogP contribution is 2.37. The lowest BCUT2D eigenvalue weighted by Crippen LogP contribution is -2.33. The van der Waals surface area contributed by atoms with Gasteiger partial charge in [-0.25, -0.2) is 0 Å². The van der Waals surface area contributed by atoms with Gasteiger partial charge in [0, 0.05) is 16.1 Å². The number of nitrogens with one attached hydrogen (secondary N) is 2. The second kappa shape index (κ2) is 9.70. The average Bonchev–Trinajstić information content (AvgIpc) is 2.80. The Labute approximate surface area is 190 Å². The molecule has 162 valence electrons. The lowest BCUT2D eigenvalue weighted by atomic mass is 10.1. The Hall–Kier alpha value is -3.58. The van der Waals surface area contributed by atoms with E-state index in [1.54, 1.807) is 36.4 Å². The molecule has 2 atom stereocenters. The van der Waals surface area contributed by atoms with Crippen LogP contribution in [-0.4, -0.2) is 23.0 Å². The molecule has 3 aromatic rings. The van der Waals surface area contributed by atoms with Crippen molar-refractivity contribution in [3.63, 3.8) is 0 Å². The maximum Gasteiger partial charge on any atom is 0.308 e. The minimum absolute atomic E-state index is 0.147. The number of para-hydroxylation sites is 1. The van der Waals surface area contributed by atoms with Crippen molar-refractivity contribution in [2.45, 2.75) is 29.6 Å². The maximum atomic E-state index is 13.0. The molecular weight excluding hydrogens is 424 g/mol. The lowest BCUT2D eigenvalue weighted by molar-refractivity contribution is -0.155. The molecule has 2 unspecified atom stereocenters. The molecular formula is C25H22N2O4S. The maximum absolute atomic E-state index is 13.0. The molecule has 0 aliphatic carbocycles. The van der Waals surface area contributed by atoms with Gasteiger partial charge in [-0.15, -0.1) is 11.8 Å². The highest BCUT2D eigenvalue weighted by Gasteiger charge is 2.32. The molecule has 2 N–H and O–H groups in total. The van der Waals surface area contributed by atoms with Crippen molar-refractivity contribution in [1.82, 2.24) is 0 Å². The third kappa shape index (κ3) is 5.18. The Morgan fingerprint density at radius 2 is 1.69 bits per heavy atom. The number of thioether (sulfide) groups is 1. The SMILES string of the molecule is Cc1ccc(NC(=O)C(OC(=O)CC2Sc3ccccc3NC2=O)c2ccccc2)cc1. The van der Waals surface area contributed by atoms with E-state index in [2.05, 4.69) is 10.6 Å². The summed E-state index contributed by atoms with van der Waals surface area (Å²) in [6.45, 7) is 1.96. The summed E-state index contributed by atoms with van der Waals surface area (Å²) >= 11 is 1.32. The van der Waals surface area contributed by atoms with Gasteiger partial charge in [-0.2, -0.15) is 0 Å². The van der Waals surface area contributed by atoms with Crippen molar-refractivity contribution in [3.05, 3.63) is 90.0 Å². The molecule has 0 saturated carbocycles. The lowest BCUT2D eigenvalue weighted by Gasteiger charge is -2.24. The molecule has 0 fully saturated rings. The highest BCUT2D eigenvalue weighted by atomic mass is 32.2. The molecule has 0 aromatic heterocycles. The quantitative estimate of drug-likeness (QED) is 0.535. The monoisotopic (exact) mass is 446 g/mol. The number of amides is 2. The van der Waals surface area contributed by atoms with Crippen LogP contribution in [0.5, 0.6) is 0 Å². The van der Waals surface area contributed by atoms with Gasteiger partial charge in [-0.1, -0.05) is 60.2 Å². The number of benzene rings is 3. The van der Waals surface area contributed by atoms with E-state index in [0.717, 1.165) is 16.1 Å². The van der Waals surface area contributed by atoms with Crippen LogP contribution in [0.15, 0.2) is 83.8 Å². The normalized spacial score (nSPS) is 15.8. The van der Waals surface area contributed by atoms with Crippen molar-refractivity contribution >= 4 is 40.9 Å². The molecule has 0 spiro atoms. The summed E-state index contributed by atoms with van der Waals surface area (Å²) in [5.41, 5.74) is 2.96. The van der Waals surface area contributed by atoms with Crippen LogP contribution < -0.4 is 10.6 Å². The molecule has 7 heteroatoms. The first kappa shape index (κ1) is 21.6. The van der Waals surface area contributed by atoms with E-state index in [1.807, 2.05) is 49.4 Å². The number of aryl methyl sites for hydroxylation is 1. The molecule has 0 saturated heterocycles. The number of anilines is 2. The van der Waals surface area contributed by atoms with Crippen LogP contribution in [0.25, 0.3) is 0 Å². The van der Waals surface area contributed by atoms with E-state index >= 15 is 0 Å². The summed E-state index contributed by atoms with van der Waals surface area (Å²) < 4.78 is 5.59. The minimum atomic E-state index is -1.13. The fraction of sp³-hybridized carbons (Fsp3) is 0.160. The Kier molecular flexibility index (Phi) is 6.56. The van der Waals surface area contributed by atoms with Gasteiger partial charge in [0.15, 0.2) is 0 Å². The molecule has 1 aliphatic heterocycles. The summed E-state index contributed by atoms with van der Waals surface area (Å²) in [5, 5.41) is 4.98. The van der Waals surface area contributed by atoms with Crippen LogP contribution in [0.1, 0.15) is 23.7 Å². The van der Waals surface area contributed by atoms with Crippen molar-refractivity contribution < 1.29 is 19.1 Å². The highest BCUT2D eigenvalue weighted by molar-refractivity contribution is 8.01. The first-order chi connectivity index (χ1) is 15.5. The third-order valence-corrected chi connectivity index (χ3v) is 6.24. The molecule has 2 amide bonds. The first-order valence-corrected chi connectivity index (χ1v) is 11.1. The molecule has 3 aromatic carbocycles. The van der Waals surface area contributed by atoms with Crippen molar-refractivity contribution in [3.8, 4) is 0 Å². The first-order valence-electron chi connectivity index (χ1n) is 10.2. The fourth-order valence-corrected chi connectivity index (χ4v) is 4.40. The van der Waals surface area contributed by atoms with Gasteiger partial charge in [0.25, 0.3) is 5.91 Å². The summed E-state index contributed by atoms with van der Waals surface area (Å²) in [7, 11) is 0. The van der Waals surface area contributed by atoms with Gasteiger partial charge in [0.2, 0.25) is 12.0 Å². The van der Waals surface area contributed by atoms with Gasteiger partial charge in [-0.05, 0) is 31.2 Å². The van der Waals surface area contributed by atoms with Crippen molar-refractivity contribution in [2.24, 2.45) is 0 Å². The number of fused-ring (bicyclic) bond motifs is 1. The molecule has 4 rings (SSSR count). The Morgan fingerprint density at radius 1 is 1.00 bits per heavy atom. The zero-order valence-electron chi connectivity index (χ0n) is 17.4. The Morgan fingerprint density at radius 3 is 2.44 bits per heavy atom. The van der Waals surface area contributed by atoms with Crippen molar-refractivity contribution in [2.75, 3.05) is 10.6 Å². The standard InChI is InChI=1S/C25H22N2O4S/c1-16-11-13-18(14-12-16)26-25(30)23(17-7-3-2-4-8-17)31-22(28)15-21-24(29)27-19-9-5-6-10-20(19)32-21/h2-14,21,23H,15H2,1H3,(H,26,30)(H,27,29). The van der Waals surface area contributed by atoms with E-state index in [1.165, 1.54) is 11.8 Å². The molecule has 1 aliphatic rings. The molecule has 0 radical (unpaired) electrons. The smallest absolute Gasteiger partial charge is 0.308 e. The van der Waals surface area contributed by atoms with E-state index in [0.29, 0.717) is 11.3 Å². The van der Waals surface area contributed by atoms with Crippen LogP contribution in [-0.2, 0) is 19.1 Å². The Balaban J connectivity index is 1.47.